The van der Waals surface area contributed by atoms with E-state index < -0.39 is 12.0 Å². The number of esters is 1. The SMILES string of the molecule is COC(=O)C(N)CCC(=O)N(C)c1ccccc1.Cl. The van der Waals surface area contributed by atoms with Gasteiger partial charge >= 0.3 is 5.97 Å². The number of halogens is 1. The standard InChI is InChI=1S/C13H18N2O3.ClH/c1-15(10-6-4-3-5-7-10)12(16)9-8-11(14)13(17)18-2;/h3-7,11H,8-9,14H2,1-2H3;1H. The molecule has 0 spiro atoms. The zero-order chi connectivity index (χ0) is 13.5. The Bertz CT molecular complexity index is 412. The van der Waals surface area contributed by atoms with Crippen molar-refractivity contribution in [3.05, 3.63) is 30.3 Å². The van der Waals surface area contributed by atoms with Crippen LogP contribution in [0.5, 0.6) is 0 Å². The first-order valence-corrected chi connectivity index (χ1v) is 5.71. The monoisotopic (exact) mass is 286 g/mol. The largest absolute Gasteiger partial charge is 0.468 e. The summed E-state index contributed by atoms with van der Waals surface area (Å²) in [6.07, 6.45) is 0.490. The number of carbonyl (C=O) groups excluding carboxylic acids is 2. The van der Waals surface area contributed by atoms with Gasteiger partial charge in [-0.1, -0.05) is 18.2 Å². The van der Waals surface area contributed by atoms with E-state index in [2.05, 4.69) is 4.74 Å². The Hall–Kier alpha value is -1.59. The summed E-state index contributed by atoms with van der Waals surface area (Å²) in [6, 6.07) is 8.55. The minimum absolute atomic E-state index is 0. The van der Waals surface area contributed by atoms with Crippen LogP contribution in [0.15, 0.2) is 30.3 Å². The van der Waals surface area contributed by atoms with Crippen molar-refractivity contribution >= 4 is 30.0 Å². The van der Waals surface area contributed by atoms with Crippen LogP contribution in [0.25, 0.3) is 0 Å². The lowest BCUT2D eigenvalue weighted by atomic mass is 10.1. The summed E-state index contributed by atoms with van der Waals surface area (Å²) in [5, 5.41) is 0. The minimum Gasteiger partial charge on any atom is -0.468 e. The molecule has 0 bridgehead atoms. The van der Waals surface area contributed by atoms with Crippen LogP contribution in [0.2, 0.25) is 0 Å². The normalized spacial score (nSPS) is 11.1. The Morgan fingerprint density at radius 3 is 2.42 bits per heavy atom. The topological polar surface area (TPSA) is 72.6 Å². The van der Waals surface area contributed by atoms with Gasteiger partial charge in [0.25, 0.3) is 0 Å². The Morgan fingerprint density at radius 1 is 1.32 bits per heavy atom. The number of ether oxygens (including phenoxy) is 1. The van der Waals surface area contributed by atoms with Crippen LogP contribution in [-0.4, -0.2) is 32.1 Å². The van der Waals surface area contributed by atoms with Crippen LogP contribution in [-0.2, 0) is 14.3 Å². The van der Waals surface area contributed by atoms with Gasteiger partial charge < -0.3 is 15.4 Å². The molecule has 0 aromatic heterocycles. The first-order valence-electron chi connectivity index (χ1n) is 5.71. The molecular formula is C13H19ClN2O3. The fourth-order valence-corrected chi connectivity index (χ4v) is 1.51. The second kappa shape index (κ2) is 8.50. The molecule has 0 saturated heterocycles. The maximum Gasteiger partial charge on any atom is 0.322 e. The summed E-state index contributed by atoms with van der Waals surface area (Å²) >= 11 is 0. The molecule has 5 nitrogen and oxygen atoms in total. The van der Waals surface area contributed by atoms with Gasteiger partial charge in [0.05, 0.1) is 7.11 Å². The fraction of sp³-hybridized carbons (Fsp3) is 0.385. The van der Waals surface area contributed by atoms with E-state index in [1.54, 1.807) is 11.9 Å². The summed E-state index contributed by atoms with van der Waals surface area (Å²) < 4.78 is 4.50. The number of benzene rings is 1. The highest BCUT2D eigenvalue weighted by molar-refractivity contribution is 5.93. The molecule has 106 valence electrons. The Kier molecular flexibility index (Phi) is 7.79. The first kappa shape index (κ1) is 17.4. The molecule has 0 aliphatic rings. The Labute approximate surface area is 119 Å². The molecule has 0 radical (unpaired) electrons. The molecule has 6 heteroatoms. The molecular weight excluding hydrogens is 268 g/mol. The van der Waals surface area contributed by atoms with E-state index in [0.29, 0.717) is 0 Å². The summed E-state index contributed by atoms with van der Waals surface area (Å²) in [5.74, 6) is -0.578. The number of amides is 1. The van der Waals surface area contributed by atoms with E-state index in [9.17, 15) is 9.59 Å². The molecule has 0 heterocycles. The number of rotatable bonds is 5. The third-order valence-corrected chi connectivity index (χ3v) is 2.69. The Balaban J connectivity index is 0.00000324. The quantitative estimate of drug-likeness (QED) is 0.830. The fourth-order valence-electron chi connectivity index (χ4n) is 1.51. The molecule has 0 aliphatic carbocycles. The number of nitrogens with zero attached hydrogens (tertiary/aromatic N) is 1. The average molecular weight is 287 g/mol. The van der Waals surface area contributed by atoms with Gasteiger partial charge in [-0.2, -0.15) is 0 Å². The van der Waals surface area contributed by atoms with Gasteiger partial charge in [0.2, 0.25) is 5.91 Å². The highest BCUT2D eigenvalue weighted by atomic mass is 35.5. The van der Waals surface area contributed by atoms with Crippen LogP contribution in [0, 0.1) is 0 Å². The maximum absolute atomic E-state index is 11.9. The molecule has 0 aliphatic heterocycles. The summed E-state index contributed by atoms with van der Waals surface area (Å²) in [6.45, 7) is 0. The molecule has 1 aromatic carbocycles. The molecule has 1 rings (SSSR count). The zero-order valence-electron chi connectivity index (χ0n) is 11.0. The van der Waals surface area contributed by atoms with Crippen molar-refractivity contribution < 1.29 is 14.3 Å². The summed E-state index contributed by atoms with van der Waals surface area (Å²) in [4.78, 5) is 24.5. The van der Waals surface area contributed by atoms with Crippen molar-refractivity contribution in [3.63, 3.8) is 0 Å². The van der Waals surface area contributed by atoms with Gasteiger partial charge in [0.1, 0.15) is 6.04 Å². The van der Waals surface area contributed by atoms with Gasteiger partial charge in [-0.05, 0) is 18.6 Å². The van der Waals surface area contributed by atoms with E-state index in [1.165, 1.54) is 7.11 Å². The van der Waals surface area contributed by atoms with Gasteiger partial charge in [-0.25, -0.2) is 0 Å². The second-order valence-corrected chi connectivity index (χ2v) is 3.96. The summed E-state index contributed by atoms with van der Waals surface area (Å²) in [7, 11) is 2.97. The highest BCUT2D eigenvalue weighted by Gasteiger charge is 2.17. The van der Waals surface area contributed by atoms with Gasteiger partial charge in [0, 0.05) is 19.2 Å². The minimum atomic E-state index is -0.747. The van der Waals surface area contributed by atoms with E-state index in [1.807, 2.05) is 30.3 Å². The van der Waals surface area contributed by atoms with E-state index in [-0.39, 0.29) is 31.2 Å². The smallest absolute Gasteiger partial charge is 0.322 e. The van der Waals surface area contributed by atoms with Crippen LogP contribution >= 0.6 is 12.4 Å². The van der Waals surface area contributed by atoms with Crippen LogP contribution in [0.1, 0.15) is 12.8 Å². The third kappa shape index (κ3) is 5.28. The van der Waals surface area contributed by atoms with Crippen LogP contribution in [0.4, 0.5) is 5.69 Å². The zero-order valence-corrected chi connectivity index (χ0v) is 11.9. The van der Waals surface area contributed by atoms with Gasteiger partial charge in [0.15, 0.2) is 0 Å². The van der Waals surface area contributed by atoms with E-state index in [4.69, 9.17) is 5.73 Å². The molecule has 2 N–H and O–H groups in total. The molecule has 1 aromatic rings. The number of anilines is 1. The number of nitrogens with two attached hydrogens (primary N) is 1. The molecule has 0 fully saturated rings. The number of methoxy groups -OCH3 is 1. The molecule has 1 amide bonds. The molecule has 19 heavy (non-hydrogen) atoms. The molecule has 1 unspecified atom stereocenters. The lowest BCUT2D eigenvalue weighted by molar-refractivity contribution is -0.142. The number of hydrogen-bond donors (Lipinski definition) is 1. The molecule has 1 atom stereocenters. The lowest BCUT2D eigenvalue weighted by Gasteiger charge is -2.18. The lowest BCUT2D eigenvalue weighted by Crippen LogP contribution is -2.34. The van der Waals surface area contributed by atoms with Gasteiger partial charge in [-0.3, -0.25) is 9.59 Å². The van der Waals surface area contributed by atoms with E-state index >= 15 is 0 Å². The van der Waals surface area contributed by atoms with E-state index in [0.717, 1.165) is 5.69 Å². The highest BCUT2D eigenvalue weighted by Crippen LogP contribution is 2.13. The maximum atomic E-state index is 11.9. The summed E-state index contributed by atoms with van der Waals surface area (Å²) in [5.41, 5.74) is 6.38. The third-order valence-electron chi connectivity index (χ3n) is 2.69. The number of para-hydroxylation sites is 1. The van der Waals surface area contributed by atoms with Crippen LogP contribution < -0.4 is 10.6 Å². The number of carbonyl (C=O) groups is 2. The number of hydrogen-bond acceptors (Lipinski definition) is 4. The predicted octanol–water partition coefficient (Wildman–Crippen LogP) is 1.35. The predicted molar refractivity (Wildman–Crippen MR) is 76.3 cm³/mol. The second-order valence-electron chi connectivity index (χ2n) is 3.96. The Morgan fingerprint density at radius 2 is 1.89 bits per heavy atom. The van der Waals surface area contributed by atoms with Crippen molar-refractivity contribution in [2.75, 3.05) is 19.1 Å². The first-order chi connectivity index (χ1) is 8.56. The van der Waals surface area contributed by atoms with Crippen LogP contribution in [0.3, 0.4) is 0 Å². The average Bonchev–Trinajstić information content (AvgIpc) is 2.43. The molecule has 0 saturated carbocycles. The van der Waals surface area contributed by atoms with Crippen molar-refractivity contribution in [2.24, 2.45) is 5.73 Å². The van der Waals surface area contributed by atoms with Crippen molar-refractivity contribution in [1.29, 1.82) is 0 Å². The van der Waals surface area contributed by atoms with Crippen molar-refractivity contribution in [1.82, 2.24) is 0 Å². The van der Waals surface area contributed by atoms with Crippen molar-refractivity contribution in [3.8, 4) is 0 Å². The van der Waals surface area contributed by atoms with Crippen molar-refractivity contribution in [2.45, 2.75) is 18.9 Å². The van der Waals surface area contributed by atoms with Gasteiger partial charge in [-0.15, -0.1) is 12.4 Å².